The number of carboxylic acid groups (broad SMARTS) is 1. The first-order valence-corrected chi connectivity index (χ1v) is 7.41. The van der Waals surface area contributed by atoms with Crippen LogP contribution in [-0.4, -0.2) is 33.6 Å². The minimum Gasteiger partial charge on any atom is -0.478 e. The van der Waals surface area contributed by atoms with Crippen molar-refractivity contribution in [1.29, 1.82) is 0 Å². The predicted molar refractivity (Wildman–Crippen MR) is 74.5 cm³/mol. The second-order valence-electron chi connectivity index (χ2n) is 4.59. The number of pyridine rings is 1. The number of carboxylic acids is 1. The molecular weight excluding hydrogens is 248 g/mol. The van der Waals surface area contributed by atoms with Gasteiger partial charge in [0, 0.05) is 11.3 Å². The van der Waals surface area contributed by atoms with Crippen LogP contribution in [0.25, 0.3) is 0 Å². The van der Waals surface area contributed by atoms with E-state index in [1.807, 2.05) is 11.8 Å². The number of rotatable bonds is 4. The van der Waals surface area contributed by atoms with Gasteiger partial charge in [0.05, 0.1) is 11.3 Å². The van der Waals surface area contributed by atoms with Crippen LogP contribution in [0, 0.1) is 6.92 Å². The Morgan fingerprint density at radius 2 is 2.28 bits per heavy atom. The quantitative estimate of drug-likeness (QED) is 0.877. The van der Waals surface area contributed by atoms with Gasteiger partial charge in [0.1, 0.15) is 5.82 Å². The van der Waals surface area contributed by atoms with Gasteiger partial charge < -0.3 is 10.4 Å². The maximum Gasteiger partial charge on any atom is 0.337 e. The molecule has 1 aliphatic carbocycles. The summed E-state index contributed by atoms with van der Waals surface area (Å²) < 4.78 is 0. The number of nitrogens with one attached hydrogen (secondary N) is 1. The molecule has 1 heterocycles. The number of nitrogens with zero attached hydrogens (tertiary/aromatic N) is 1. The van der Waals surface area contributed by atoms with Gasteiger partial charge >= 0.3 is 5.97 Å². The molecule has 0 saturated heterocycles. The Morgan fingerprint density at radius 1 is 1.50 bits per heavy atom. The number of thioether (sulfide) groups is 1. The summed E-state index contributed by atoms with van der Waals surface area (Å²) in [6.07, 6.45) is 5.78. The van der Waals surface area contributed by atoms with E-state index in [-0.39, 0.29) is 5.56 Å². The second kappa shape index (κ2) is 5.61. The smallest absolute Gasteiger partial charge is 0.337 e. The molecule has 0 bridgehead atoms. The molecule has 1 saturated carbocycles. The molecule has 1 aliphatic rings. The monoisotopic (exact) mass is 266 g/mol. The molecule has 2 unspecified atom stereocenters. The fourth-order valence-electron chi connectivity index (χ4n) is 2.43. The Morgan fingerprint density at radius 3 is 2.89 bits per heavy atom. The largest absolute Gasteiger partial charge is 0.478 e. The van der Waals surface area contributed by atoms with Gasteiger partial charge in [0.2, 0.25) is 0 Å². The van der Waals surface area contributed by atoms with E-state index in [4.69, 9.17) is 5.11 Å². The van der Waals surface area contributed by atoms with Crippen molar-refractivity contribution in [2.45, 2.75) is 37.5 Å². The molecule has 18 heavy (non-hydrogen) atoms. The molecule has 5 heteroatoms. The highest BCUT2D eigenvalue weighted by atomic mass is 32.2. The highest BCUT2D eigenvalue weighted by Gasteiger charge is 2.26. The van der Waals surface area contributed by atoms with Gasteiger partial charge in [-0.2, -0.15) is 11.8 Å². The summed E-state index contributed by atoms with van der Waals surface area (Å²) >= 11 is 1.89. The molecule has 2 rings (SSSR count). The van der Waals surface area contributed by atoms with Gasteiger partial charge in [-0.1, -0.05) is 6.42 Å². The molecule has 1 fully saturated rings. The molecule has 0 aromatic carbocycles. The summed E-state index contributed by atoms with van der Waals surface area (Å²) in [6.45, 7) is 1.73. The standard InChI is InChI=1S/C13H18N2O2S/c1-8-9(13(16)17)6-7-12(14-8)15-10-4-3-5-11(10)18-2/h6-7,10-11H,3-5H2,1-2H3,(H,14,15)(H,16,17). The first-order chi connectivity index (χ1) is 8.61. The van der Waals surface area contributed by atoms with Gasteiger partial charge in [-0.3, -0.25) is 0 Å². The van der Waals surface area contributed by atoms with E-state index in [2.05, 4.69) is 16.6 Å². The van der Waals surface area contributed by atoms with Gasteiger partial charge in [0.25, 0.3) is 0 Å². The van der Waals surface area contributed by atoms with Crippen LogP contribution in [0.2, 0.25) is 0 Å². The molecule has 0 amide bonds. The Bertz CT molecular complexity index is 451. The van der Waals surface area contributed by atoms with Crippen LogP contribution in [0.15, 0.2) is 12.1 Å². The fraction of sp³-hybridized carbons (Fsp3) is 0.538. The van der Waals surface area contributed by atoms with Gasteiger partial charge in [-0.25, -0.2) is 9.78 Å². The molecule has 2 N–H and O–H groups in total. The topological polar surface area (TPSA) is 62.2 Å². The number of hydrogen-bond donors (Lipinski definition) is 2. The highest BCUT2D eigenvalue weighted by molar-refractivity contribution is 7.99. The number of hydrogen-bond acceptors (Lipinski definition) is 4. The van der Waals surface area contributed by atoms with Crippen LogP contribution in [0.4, 0.5) is 5.82 Å². The lowest BCUT2D eigenvalue weighted by Crippen LogP contribution is -2.26. The Hall–Kier alpha value is -1.23. The van der Waals surface area contributed by atoms with E-state index in [0.717, 1.165) is 12.2 Å². The Balaban J connectivity index is 2.10. The van der Waals surface area contributed by atoms with Gasteiger partial charge in [0.15, 0.2) is 0 Å². The van der Waals surface area contributed by atoms with Crippen molar-refractivity contribution >= 4 is 23.5 Å². The number of anilines is 1. The summed E-state index contributed by atoms with van der Waals surface area (Å²) in [4.78, 5) is 15.2. The molecular formula is C13H18N2O2S. The van der Waals surface area contributed by atoms with Crippen molar-refractivity contribution < 1.29 is 9.90 Å². The van der Waals surface area contributed by atoms with Crippen molar-refractivity contribution in [1.82, 2.24) is 4.98 Å². The second-order valence-corrected chi connectivity index (χ2v) is 5.67. The van der Waals surface area contributed by atoms with Crippen molar-refractivity contribution in [3.8, 4) is 0 Å². The lowest BCUT2D eigenvalue weighted by Gasteiger charge is -2.20. The van der Waals surface area contributed by atoms with Crippen LogP contribution >= 0.6 is 11.8 Å². The average Bonchev–Trinajstić information content (AvgIpc) is 2.76. The van der Waals surface area contributed by atoms with Crippen LogP contribution in [0.3, 0.4) is 0 Å². The maximum absolute atomic E-state index is 10.9. The van der Waals surface area contributed by atoms with E-state index in [9.17, 15) is 4.79 Å². The van der Waals surface area contributed by atoms with Gasteiger partial charge in [-0.15, -0.1) is 0 Å². The normalized spacial score (nSPS) is 23.0. The summed E-state index contributed by atoms with van der Waals surface area (Å²) in [5, 5.41) is 13.0. The number of carbonyl (C=O) groups is 1. The zero-order chi connectivity index (χ0) is 13.1. The van der Waals surface area contributed by atoms with E-state index >= 15 is 0 Å². The summed E-state index contributed by atoms with van der Waals surface area (Å²) in [6, 6.07) is 3.82. The summed E-state index contributed by atoms with van der Waals surface area (Å²) in [5.41, 5.74) is 0.833. The molecule has 2 atom stereocenters. The first-order valence-electron chi connectivity index (χ1n) is 6.12. The highest BCUT2D eigenvalue weighted by Crippen LogP contribution is 2.30. The minimum atomic E-state index is -0.922. The number of aryl methyl sites for hydroxylation is 1. The van der Waals surface area contributed by atoms with Crippen LogP contribution < -0.4 is 5.32 Å². The fourth-order valence-corrected chi connectivity index (χ4v) is 3.37. The Labute approximate surface area is 111 Å². The van der Waals surface area contributed by atoms with Crippen molar-refractivity contribution in [2.75, 3.05) is 11.6 Å². The molecule has 0 radical (unpaired) electrons. The number of aromatic nitrogens is 1. The third-order valence-corrected chi connectivity index (χ3v) is 4.57. The van der Waals surface area contributed by atoms with Crippen LogP contribution in [0.5, 0.6) is 0 Å². The third kappa shape index (κ3) is 2.77. The van der Waals surface area contributed by atoms with Crippen molar-refractivity contribution in [3.63, 3.8) is 0 Å². The third-order valence-electron chi connectivity index (χ3n) is 3.40. The zero-order valence-corrected chi connectivity index (χ0v) is 11.5. The van der Waals surface area contributed by atoms with Gasteiger partial charge in [-0.05, 0) is 38.2 Å². The van der Waals surface area contributed by atoms with Crippen LogP contribution in [-0.2, 0) is 0 Å². The average molecular weight is 266 g/mol. The van der Waals surface area contributed by atoms with Crippen molar-refractivity contribution in [3.05, 3.63) is 23.4 Å². The summed E-state index contributed by atoms with van der Waals surface area (Å²) in [7, 11) is 0. The summed E-state index contributed by atoms with van der Waals surface area (Å²) in [5.74, 6) is -0.141. The molecule has 98 valence electrons. The zero-order valence-electron chi connectivity index (χ0n) is 10.6. The van der Waals surface area contributed by atoms with E-state index in [1.54, 1.807) is 19.1 Å². The first kappa shape index (κ1) is 13.2. The maximum atomic E-state index is 10.9. The molecule has 0 spiro atoms. The Kier molecular flexibility index (Phi) is 4.11. The minimum absolute atomic E-state index is 0.272. The number of aromatic carboxylic acids is 1. The van der Waals surface area contributed by atoms with E-state index in [1.165, 1.54) is 12.8 Å². The van der Waals surface area contributed by atoms with E-state index in [0.29, 0.717) is 17.0 Å². The lowest BCUT2D eigenvalue weighted by atomic mass is 10.2. The molecule has 1 aromatic heterocycles. The van der Waals surface area contributed by atoms with Crippen LogP contribution in [0.1, 0.15) is 35.3 Å². The van der Waals surface area contributed by atoms with Crippen molar-refractivity contribution in [2.24, 2.45) is 0 Å². The SMILES string of the molecule is CSC1CCCC1Nc1ccc(C(=O)O)c(C)n1. The molecule has 4 nitrogen and oxygen atoms in total. The molecule has 0 aliphatic heterocycles. The lowest BCUT2D eigenvalue weighted by molar-refractivity contribution is 0.0695. The molecule has 1 aromatic rings. The predicted octanol–water partition coefficient (Wildman–Crippen LogP) is 2.78. The van der Waals surface area contributed by atoms with E-state index < -0.39 is 5.97 Å².